The molecule has 0 saturated heterocycles. The van der Waals surface area contributed by atoms with Crippen molar-refractivity contribution < 1.29 is 12.7 Å². The van der Waals surface area contributed by atoms with Crippen LogP contribution in [-0.4, -0.2) is 5.71 Å². The Labute approximate surface area is 271 Å². The van der Waals surface area contributed by atoms with Gasteiger partial charge in [0.15, 0.2) is 0 Å². The Morgan fingerprint density at radius 2 is 1.50 bits per heavy atom. The fraction of sp³-hybridized carbons (Fsp3) is 0.447. The molecule has 0 aliphatic heterocycles. The molecular weight excluding hydrogens is 600 g/mol. The van der Waals surface area contributed by atoms with Crippen molar-refractivity contribution in [3.05, 3.63) is 99.6 Å². The number of unbranched alkanes of at least 4 members (excludes halogenated alkanes) is 4. The number of aliphatic imine (C=N–C) groups is 1. The summed E-state index contributed by atoms with van der Waals surface area (Å²) in [6, 6.07) is 20.1. The molecule has 1 nitrogen and oxygen atoms in total. The van der Waals surface area contributed by atoms with Gasteiger partial charge in [0.1, 0.15) is 0 Å². The molecule has 0 aromatic heterocycles. The molecule has 0 bridgehead atoms. The van der Waals surface area contributed by atoms with Gasteiger partial charge >= 0.3 is 33.0 Å². The number of rotatable bonds is 14. The topological polar surface area (TPSA) is 12.4 Å². The summed E-state index contributed by atoms with van der Waals surface area (Å²) in [5, 5.41) is 0. The van der Waals surface area contributed by atoms with Crippen molar-refractivity contribution in [3.8, 4) is 11.1 Å². The summed E-state index contributed by atoms with van der Waals surface area (Å²) in [6.45, 7) is 15.7. The third-order valence-electron chi connectivity index (χ3n) is 8.01. The minimum atomic E-state index is 0.569. The summed E-state index contributed by atoms with van der Waals surface area (Å²) in [4.78, 5) is 5.18. The molecule has 42 heavy (non-hydrogen) atoms. The normalized spacial score (nSPS) is 11.9. The van der Waals surface area contributed by atoms with Crippen LogP contribution in [0.1, 0.15) is 113 Å². The SMILES string of the molecule is CCCCCCc1cc(N=C(CC)C(C)=[C-]c2cc(CC)c(CCCC)c(-c3ccccc3)c2)cc(C)c1C.[Cl][Ni+][Cl]. The number of benzene rings is 3. The second kappa shape index (κ2) is 20.2. The van der Waals surface area contributed by atoms with Gasteiger partial charge in [-0.3, -0.25) is 0 Å². The van der Waals surface area contributed by atoms with Crippen LogP contribution >= 0.6 is 20.4 Å². The number of hydrogen-bond acceptors (Lipinski definition) is 1. The van der Waals surface area contributed by atoms with Crippen molar-refractivity contribution in [1.29, 1.82) is 0 Å². The van der Waals surface area contributed by atoms with Gasteiger partial charge in [-0.25, -0.2) is 0 Å². The molecule has 4 heteroatoms. The van der Waals surface area contributed by atoms with Gasteiger partial charge in [0.2, 0.25) is 0 Å². The zero-order chi connectivity index (χ0) is 30.9. The monoisotopic (exact) mass is 648 g/mol. The number of allylic oxidation sites excluding steroid dienone is 1. The van der Waals surface area contributed by atoms with Crippen LogP contribution < -0.4 is 0 Å². The third kappa shape index (κ3) is 11.3. The van der Waals surface area contributed by atoms with E-state index in [1.165, 1.54) is 77.5 Å². The molecule has 3 rings (SSSR count). The summed E-state index contributed by atoms with van der Waals surface area (Å²) >= 11 is 0.569. The van der Waals surface area contributed by atoms with Crippen molar-refractivity contribution in [2.24, 2.45) is 4.99 Å². The second-order valence-corrected chi connectivity index (χ2v) is 12.7. The van der Waals surface area contributed by atoms with Gasteiger partial charge in [0, 0.05) is 0 Å². The molecule has 0 spiro atoms. The summed E-state index contributed by atoms with van der Waals surface area (Å²) in [5.41, 5.74) is 14.3. The number of nitrogens with zero attached hydrogens (tertiary/aromatic N) is 1. The summed E-state index contributed by atoms with van der Waals surface area (Å²) in [7, 11) is 9.40. The standard InChI is InChI=1S/C38H50N.2ClH.Ni/c1-8-12-14-16-21-34-27-35(24-28(5)30(34)7)39-38(11-4)29(6)23-31-25-32(10-3)36(22-13-9-2)37(26-31)33-19-17-15-18-20-33;;;/h15,17-20,24-27H,8-14,16,21-22H2,1-7H3;2*1H;/q-1;;;+3/p-2. The number of aryl methyl sites for hydroxylation is 3. The Balaban J connectivity index is 0.00000197. The maximum absolute atomic E-state index is 5.18. The molecule has 231 valence electrons. The van der Waals surface area contributed by atoms with Crippen molar-refractivity contribution >= 4 is 31.8 Å². The fourth-order valence-electron chi connectivity index (χ4n) is 5.49. The van der Waals surface area contributed by atoms with Crippen LogP contribution in [0.4, 0.5) is 5.69 Å². The molecule has 0 heterocycles. The first-order valence-electron chi connectivity index (χ1n) is 15.6. The average Bonchev–Trinajstić information content (AvgIpc) is 2.99. The van der Waals surface area contributed by atoms with E-state index in [4.69, 9.17) is 25.4 Å². The molecule has 0 radical (unpaired) electrons. The van der Waals surface area contributed by atoms with Crippen LogP contribution in [0.15, 0.2) is 65.2 Å². The number of hydrogen-bond donors (Lipinski definition) is 0. The van der Waals surface area contributed by atoms with E-state index in [0.717, 1.165) is 48.2 Å². The Bertz CT molecular complexity index is 1290. The zero-order valence-electron chi connectivity index (χ0n) is 26.8. The van der Waals surface area contributed by atoms with E-state index in [1.54, 1.807) is 0 Å². The van der Waals surface area contributed by atoms with E-state index < -0.39 is 0 Å². The molecule has 0 saturated carbocycles. The molecule has 0 amide bonds. The first-order valence-corrected chi connectivity index (χ1v) is 18.4. The summed E-state index contributed by atoms with van der Waals surface area (Å²) < 4.78 is 0. The Morgan fingerprint density at radius 3 is 2.12 bits per heavy atom. The van der Waals surface area contributed by atoms with Crippen LogP contribution in [0.3, 0.4) is 0 Å². The summed E-state index contributed by atoms with van der Waals surface area (Å²) in [5.74, 6) is 0. The van der Waals surface area contributed by atoms with E-state index in [0.29, 0.717) is 12.7 Å². The molecular formula is C38H50Cl2NNi. The molecule has 0 aliphatic carbocycles. The average molecular weight is 650 g/mol. The second-order valence-electron chi connectivity index (χ2n) is 11.0. The van der Waals surface area contributed by atoms with Gasteiger partial charge in [-0.15, -0.1) is 29.3 Å². The Hall–Kier alpha value is -1.86. The van der Waals surface area contributed by atoms with E-state index in [1.807, 2.05) is 0 Å². The molecule has 0 aliphatic rings. The minimum absolute atomic E-state index is 0.569. The fourth-order valence-corrected chi connectivity index (χ4v) is 5.49. The maximum atomic E-state index is 5.18. The van der Waals surface area contributed by atoms with Crippen LogP contribution in [-0.2, 0) is 31.9 Å². The van der Waals surface area contributed by atoms with E-state index in [9.17, 15) is 0 Å². The van der Waals surface area contributed by atoms with Crippen LogP contribution in [0, 0.1) is 19.9 Å². The predicted octanol–water partition coefficient (Wildman–Crippen LogP) is 12.7. The van der Waals surface area contributed by atoms with Gasteiger partial charge in [-0.2, -0.15) is 0 Å². The van der Waals surface area contributed by atoms with Crippen LogP contribution in [0.5, 0.6) is 0 Å². The number of halogens is 2. The molecule has 0 unspecified atom stereocenters. The molecule has 3 aromatic rings. The van der Waals surface area contributed by atoms with Crippen LogP contribution in [0.25, 0.3) is 11.1 Å². The van der Waals surface area contributed by atoms with Gasteiger partial charge in [-0.1, -0.05) is 107 Å². The quantitative estimate of drug-likeness (QED) is 0.0713. The van der Waals surface area contributed by atoms with Gasteiger partial charge in [0.05, 0.1) is 5.69 Å². The molecule has 0 atom stereocenters. The van der Waals surface area contributed by atoms with Gasteiger partial charge in [-0.05, 0) is 92.5 Å². The first-order chi connectivity index (χ1) is 20.3. The predicted molar refractivity (Wildman–Crippen MR) is 184 cm³/mol. The van der Waals surface area contributed by atoms with Crippen molar-refractivity contribution in [2.45, 2.75) is 113 Å². The Kier molecular flexibility index (Phi) is 17.4. The molecule has 0 N–H and O–H groups in total. The van der Waals surface area contributed by atoms with E-state index in [-0.39, 0.29) is 0 Å². The first kappa shape index (κ1) is 36.3. The molecule has 0 fully saturated rings. The Morgan fingerprint density at radius 1 is 0.810 bits per heavy atom. The zero-order valence-corrected chi connectivity index (χ0v) is 29.3. The van der Waals surface area contributed by atoms with Crippen molar-refractivity contribution in [3.63, 3.8) is 0 Å². The molecule has 3 aromatic carbocycles. The third-order valence-corrected chi connectivity index (χ3v) is 8.01. The van der Waals surface area contributed by atoms with Gasteiger partial charge in [0.25, 0.3) is 0 Å². The van der Waals surface area contributed by atoms with Crippen molar-refractivity contribution in [2.75, 3.05) is 0 Å². The van der Waals surface area contributed by atoms with Crippen LogP contribution in [0.2, 0.25) is 0 Å². The van der Waals surface area contributed by atoms with Crippen molar-refractivity contribution in [1.82, 2.24) is 0 Å². The van der Waals surface area contributed by atoms with E-state index in [2.05, 4.69) is 109 Å². The summed E-state index contributed by atoms with van der Waals surface area (Å²) in [6.07, 6.45) is 15.5. The van der Waals surface area contributed by atoms with E-state index >= 15 is 0 Å². The van der Waals surface area contributed by atoms with Gasteiger partial charge < -0.3 is 4.99 Å².